The third kappa shape index (κ3) is 3.57. The van der Waals surface area contributed by atoms with E-state index in [0.717, 1.165) is 48.1 Å². The van der Waals surface area contributed by atoms with Crippen LogP contribution in [0.1, 0.15) is 44.9 Å². The van der Waals surface area contributed by atoms with Crippen molar-refractivity contribution >= 4 is 17.0 Å². The van der Waals surface area contributed by atoms with Crippen LogP contribution in [0.25, 0.3) is 34.0 Å². The van der Waals surface area contributed by atoms with Gasteiger partial charge in [-0.05, 0) is 43.7 Å². The van der Waals surface area contributed by atoms with Crippen LogP contribution in [0.5, 0.6) is 0 Å². The van der Waals surface area contributed by atoms with Gasteiger partial charge in [0.2, 0.25) is 5.82 Å². The quantitative estimate of drug-likeness (QED) is 0.489. The van der Waals surface area contributed by atoms with Crippen LogP contribution in [0, 0.1) is 5.41 Å². The molecule has 32 heavy (non-hydrogen) atoms. The van der Waals surface area contributed by atoms with Crippen LogP contribution in [-0.4, -0.2) is 40.5 Å². The minimum Gasteiger partial charge on any atom is -0.481 e. The van der Waals surface area contributed by atoms with Crippen molar-refractivity contribution in [2.24, 2.45) is 5.41 Å². The molecule has 0 atom stereocenters. The number of carboxylic acid groups (broad SMARTS) is 1. The fraction of sp³-hybridized carbons (Fsp3) is 0.435. The van der Waals surface area contributed by atoms with E-state index in [1.54, 1.807) is 6.20 Å². The monoisotopic (exact) mass is 434 g/mol. The molecule has 4 aromatic heterocycles. The maximum absolute atomic E-state index is 10.9. The number of pyridine rings is 1. The van der Waals surface area contributed by atoms with E-state index in [2.05, 4.69) is 40.6 Å². The lowest BCUT2D eigenvalue weighted by Crippen LogP contribution is -2.24. The first-order valence-electron chi connectivity index (χ1n) is 10.9. The van der Waals surface area contributed by atoms with Crippen molar-refractivity contribution in [1.82, 2.24) is 29.5 Å². The highest BCUT2D eigenvalue weighted by molar-refractivity contribution is 5.81. The summed E-state index contributed by atoms with van der Waals surface area (Å²) in [7, 11) is 0. The van der Waals surface area contributed by atoms with Gasteiger partial charge in [-0.3, -0.25) is 9.48 Å². The van der Waals surface area contributed by atoms with E-state index < -0.39 is 5.97 Å². The van der Waals surface area contributed by atoms with Gasteiger partial charge in [-0.25, -0.2) is 4.98 Å². The molecule has 9 heteroatoms. The molecule has 0 aromatic carbocycles. The van der Waals surface area contributed by atoms with Gasteiger partial charge in [0, 0.05) is 47.7 Å². The topological polar surface area (TPSA) is 112 Å². The molecule has 0 amide bonds. The maximum atomic E-state index is 10.9. The molecule has 0 radical (unpaired) electrons. The average Bonchev–Trinajstić information content (AvgIpc) is 3.47. The molecule has 0 unspecified atom stereocenters. The van der Waals surface area contributed by atoms with Crippen LogP contribution >= 0.6 is 0 Å². The van der Waals surface area contributed by atoms with Crippen molar-refractivity contribution in [2.45, 2.75) is 59.5 Å². The molecule has 166 valence electrons. The Hall–Kier alpha value is -3.49. The zero-order valence-electron chi connectivity index (χ0n) is 18.5. The number of nitrogens with zero attached hydrogens (tertiary/aromatic N) is 6. The second kappa shape index (κ2) is 7.58. The fourth-order valence-electron chi connectivity index (χ4n) is 4.47. The smallest absolute Gasteiger partial charge is 0.305 e. The highest BCUT2D eigenvalue weighted by Gasteiger charge is 2.32. The van der Waals surface area contributed by atoms with Gasteiger partial charge in [0.05, 0.1) is 6.42 Å². The molecule has 1 aliphatic carbocycles. The summed E-state index contributed by atoms with van der Waals surface area (Å²) in [5, 5.41) is 18.8. The van der Waals surface area contributed by atoms with Gasteiger partial charge in [-0.2, -0.15) is 10.1 Å². The SMILES string of the molecule is CCn1nc(-c2nc(-c3cnc4c(ccn4CCC(=O)O)c3)no2)c2c1CC(C)(C)CC2. The molecule has 0 bridgehead atoms. The van der Waals surface area contributed by atoms with E-state index in [4.69, 9.17) is 14.7 Å². The van der Waals surface area contributed by atoms with Crippen LogP contribution in [0.2, 0.25) is 0 Å². The summed E-state index contributed by atoms with van der Waals surface area (Å²) in [5.41, 5.74) is 5.00. The molecule has 9 nitrogen and oxygen atoms in total. The molecule has 0 saturated heterocycles. The van der Waals surface area contributed by atoms with Crippen molar-refractivity contribution in [2.75, 3.05) is 0 Å². The number of fused-ring (bicyclic) bond motifs is 2. The summed E-state index contributed by atoms with van der Waals surface area (Å²) in [5.74, 6) is 0.0602. The Labute approximate surface area is 185 Å². The van der Waals surface area contributed by atoms with Crippen molar-refractivity contribution in [3.05, 3.63) is 35.8 Å². The van der Waals surface area contributed by atoms with Crippen molar-refractivity contribution in [3.63, 3.8) is 0 Å². The lowest BCUT2D eigenvalue weighted by molar-refractivity contribution is -0.137. The molecule has 4 aromatic rings. The minimum atomic E-state index is -0.834. The molecule has 0 saturated carbocycles. The van der Waals surface area contributed by atoms with Crippen LogP contribution in [-0.2, 0) is 30.7 Å². The number of aliphatic carboxylic acids is 1. The van der Waals surface area contributed by atoms with Gasteiger partial charge in [0.1, 0.15) is 5.65 Å². The van der Waals surface area contributed by atoms with Gasteiger partial charge >= 0.3 is 5.97 Å². The van der Waals surface area contributed by atoms with E-state index in [0.29, 0.717) is 18.3 Å². The summed E-state index contributed by atoms with van der Waals surface area (Å²) in [6, 6.07) is 3.85. The first-order chi connectivity index (χ1) is 15.3. The Morgan fingerprint density at radius 1 is 1.34 bits per heavy atom. The number of aryl methyl sites for hydroxylation is 2. The second-order valence-electron chi connectivity index (χ2n) is 9.14. The summed E-state index contributed by atoms with van der Waals surface area (Å²) in [6.45, 7) is 7.87. The van der Waals surface area contributed by atoms with Crippen LogP contribution < -0.4 is 0 Å². The Kier molecular flexibility index (Phi) is 4.83. The van der Waals surface area contributed by atoms with Crippen LogP contribution in [0.4, 0.5) is 0 Å². The average molecular weight is 435 g/mol. The molecular formula is C23H26N6O3. The summed E-state index contributed by atoms with van der Waals surface area (Å²) < 4.78 is 9.52. The zero-order chi connectivity index (χ0) is 22.5. The predicted molar refractivity (Wildman–Crippen MR) is 118 cm³/mol. The van der Waals surface area contributed by atoms with Crippen molar-refractivity contribution < 1.29 is 14.4 Å². The van der Waals surface area contributed by atoms with Crippen LogP contribution in [0.3, 0.4) is 0 Å². The largest absolute Gasteiger partial charge is 0.481 e. The summed E-state index contributed by atoms with van der Waals surface area (Å²) >= 11 is 0. The van der Waals surface area contributed by atoms with Crippen molar-refractivity contribution in [3.8, 4) is 23.0 Å². The molecule has 5 rings (SSSR count). The number of rotatable bonds is 6. The predicted octanol–water partition coefficient (Wildman–Crippen LogP) is 3.96. The standard InChI is InChI=1S/C23H26N6O3/c1-4-29-17-12-23(2,3)8-5-16(17)19(26-29)22-25-20(27-32-22)15-11-14-6-9-28(10-7-18(30)31)21(14)24-13-15/h6,9,11,13H,4-5,7-8,10,12H2,1-3H3,(H,30,31). The lowest BCUT2D eigenvalue weighted by Gasteiger charge is -2.30. The molecule has 1 aliphatic rings. The third-order valence-electron chi connectivity index (χ3n) is 6.22. The molecular weight excluding hydrogens is 408 g/mol. The zero-order valence-corrected chi connectivity index (χ0v) is 18.5. The van der Waals surface area contributed by atoms with Crippen LogP contribution in [0.15, 0.2) is 29.0 Å². The number of hydrogen-bond donors (Lipinski definition) is 1. The number of carboxylic acids is 1. The van der Waals surface area contributed by atoms with Crippen molar-refractivity contribution in [1.29, 1.82) is 0 Å². The highest BCUT2D eigenvalue weighted by Crippen LogP contribution is 2.39. The lowest BCUT2D eigenvalue weighted by atomic mass is 9.76. The Bertz CT molecular complexity index is 1310. The van der Waals surface area contributed by atoms with Gasteiger partial charge in [-0.1, -0.05) is 19.0 Å². The first kappa shape index (κ1) is 20.4. The number of hydrogen-bond acceptors (Lipinski definition) is 6. The molecule has 0 fully saturated rings. The maximum Gasteiger partial charge on any atom is 0.305 e. The highest BCUT2D eigenvalue weighted by atomic mass is 16.5. The van der Waals surface area contributed by atoms with Gasteiger partial charge in [0.15, 0.2) is 5.69 Å². The van der Waals surface area contributed by atoms with E-state index in [9.17, 15) is 4.79 Å². The van der Waals surface area contributed by atoms with Gasteiger partial charge < -0.3 is 14.2 Å². The Balaban J connectivity index is 1.46. The molecule has 0 aliphatic heterocycles. The Morgan fingerprint density at radius 2 is 2.19 bits per heavy atom. The summed E-state index contributed by atoms with van der Waals surface area (Å²) in [4.78, 5) is 20.0. The van der Waals surface area contributed by atoms with Gasteiger partial charge in [0.25, 0.3) is 5.89 Å². The van der Waals surface area contributed by atoms with E-state index >= 15 is 0 Å². The number of carbonyl (C=O) groups is 1. The number of aromatic nitrogens is 6. The second-order valence-corrected chi connectivity index (χ2v) is 9.14. The summed E-state index contributed by atoms with van der Waals surface area (Å²) in [6.07, 6.45) is 6.63. The first-order valence-corrected chi connectivity index (χ1v) is 10.9. The normalized spacial score (nSPS) is 15.2. The molecule has 0 spiro atoms. The Morgan fingerprint density at radius 3 is 2.97 bits per heavy atom. The van der Waals surface area contributed by atoms with E-state index in [-0.39, 0.29) is 11.8 Å². The van der Waals surface area contributed by atoms with E-state index in [1.807, 2.05) is 22.9 Å². The van der Waals surface area contributed by atoms with Gasteiger partial charge in [-0.15, -0.1) is 0 Å². The third-order valence-corrected chi connectivity index (χ3v) is 6.22. The minimum absolute atomic E-state index is 0.0489. The fourth-order valence-corrected chi connectivity index (χ4v) is 4.47. The molecule has 1 N–H and O–H groups in total. The molecule has 4 heterocycles. The van der Waals surface area contributed by atoms with E-state index in [1.165, 1.54) is 11.3 Å².